The Balaban J connectivity index is 1.73. The Kier molecular flexibility index (Phi) is 6.30. The number of hydrogen-bond donors (Lipinski definition) is 0. The Morgan fingerprint density at radius 3 is 2.69 bits per heavy atom. The molecule has 0 radical (unpaired) electrons. The van der Waals surface area contributed by atoms with Crippen LogP contribution in [0.25, 0.3) is 11.4 Å². The maximum Gasteiger partial charge on any atom is 0.233 e. The number of carbonyl (C=O) groups is 1. The smallest absolute Gasteiger partial charge is 0.233 e. The zero-order valence-corrected chi connectivity index (χ0v) is 15.6. The van der Waals surface area contributed by atoms with Crippen molar-refractivity contribution in [3.05, 3.63) is 36.9 Å². The summed E-state index contributed by atoms with van der Waals surface area (Å²) < 4.78 is 12.4. The van der Waals surface area contributed by atoms with Gasteiger partial charge in [-0.2, -0.15) is 0 Å². The number of allylic oxidation sites excluding steroid dienone is 1. The normalized spacial score (nSPS) is 14.3. The second-order valence-corrected chi connectivity index (χ2v) is 6.66. The van der Waals surface area contributed by atoms with E-state index in [0.717, 1.165) is 17.1 Å². The molecule has 0 bridgehead atoms. The van der Waals surface area contributed by atoms with Gasteiger partial charge in [0.25, 0.3) is 0 Å². The first-order valence-corrected chi connectivity index (χ1v) is 9.38. The number of ether oxygens (including phenoxy) is 2. The lowest BCUT2D eigenvalue weighted by atomic mass is 10.2. The van der Waals surface area contributed by atoms with Crippen molar-refractivity contribution in [3.63, 3.8) is 0 Å². The highest BCUT2D eigenvalue weighted by molar-refractivity contribution is 7.99. The average Bonchev–Trinajstić information content (AvgIpc) is 3.10. The number of carbonyl (C=O) groups excluding carboxylic acids is 1. The van der Waals surface area contributed by atoms with E-state index in [1.54, 1.807) is 13.2 Å². The standard InChI is InChI=1S/C18H22N4O3S/c1-3-8-22-17(14-4-6-15(24-2)7-5-14)19-20-18(22)26-13-16(23)21-9-11-25-12-10-21/h3-7H,1,8-13H2,2H3. The third kappa shape index (κ3) is 4.25. The van der Waals surface area contributed by atoms with Crippen LogP contribution in [0.15, 0.2) is 42.1 Å². The molecule has 1 fully saturated rings. The lowest BCUT2D eigenvalue weighted by molar-refractivity contribution is -0.132. The highest BCUT2D eigenvalue weighted by Gasteiger charge is 2.19. The lowest BCUT2D eigenvalue weighted by Gasteiger charge is -2.26. The van der Waals surface area contributed by atoms with Gasteiger partial charge in [-0.3, -0.25) is 9.36 Å². The fraction of sp³-hybridized carbons (Fsp3) is 0.389. The van der Waals surface area contributed by atoms with Gasteiger partial charge in [0.15, 0.2) is 11.0 Å². The highest BCUT2D eigenvalue weighted by atomic mass is 32.2. The predicted octanol–water partition coefficient (Wildman–Crippen LogP) is 2.09. The van der Waals surface area contributed by atoms with Gasteiger partial charge in [-0.15, -0.1) is 16.8 Å². The Labute approximate surface area is 157 Å². The summed E-state index contributed by atoms with van der Waals surface area (Å²) in [5.74, 6) is 1.96. The molecule has 0 saturated carbocycles. The number of nitrogens with zero attached hydrogens (tertiary/aromatic N) is 4. The lowest BCUT2D eigenvalue weighted by Crippen LogP contribution is -2.41. The molecule has 8 heteroatoms. The van der Waals surface area contributed by atoms with E-state index >= 15 is 0 Å². The minimum Gasteiger partial charge on any atom is -0.497 e. The fourth-order valence-corrected chi connectivity index (χ4v) is 3.52. The number of benzene rings is 1. The van der Waals surface area contributed by atoms with Crippen molar-refractivity contribution in [1.82, 2.24) is 19.7 Å². The van der Waals surface area contributed by atoms with E-state index in [4.69, 9.17) is 9.47 Å². The summed E-state index contributed by atoms with van der Waals surface area (Å²) in [6.07, 6.45) is 1.80. The number of thioether (sulfide) groups is 1. The number of amides is 1. The van der Waals surface area contributed by atoms with Gasteiger partial charge in [-0.05, 0) is 24.3 Å². The van der Waals surface area contributed by atoms with Crippen LogP contribution in [-0.4, -0.2) is 64.7 Å². The predicted molar refractivity (Wildman–Crippen MR) is 100 cm³/mol. The fourth-order valence-electron chi connectivity index (χ4n) is 2.67. The van der Waals surface area contributed by atoms with Gasteiger partial charge in [0, 0.05) is 25.2 Å². The third-order valence-electron chi connectivity index (χ3n) is 4.07. The molecule has 0 aliphatic carbocycles. The van der Waals surface area contributed by atoms with Crippen molar-refractivity contribution in [2.24, 2.45) is 0 Å². The summed E-state index contributed by atoms with van der Waals surface area (Å²) in [6.45, 7) is 6.89. The molecule has 2 aromatic rings. The second-order valence-electron chi connectivity index (χ2n) is 5.72. The first kappa shape index (κ1) is 18.5. The van der Waals surface area contributed by atoms with Crippen molar-refractivity contribution >= 4 is 17.7 Å². The zero-order chi connectivity index (χ0) is 18.4. The maximum absolute atomic E-state index is 12.3. The Bertz CT molecular complexity index is 754. The molecule has 0 unspecified atom stereocenters. The van der Waals surface area contributed by atoms with Crippen molar-refractivity contribution in [3.8, 4) is 17.1 Å². The zero-order valence-electron chi connectivity index (χ0n) is 14.8. The molecule has 1 aliphatic rings. The largest absolute Gasteiger partial charge is 0.497 e. The number of hydrogen-bond acceptors (Lipinski definition) is 6. The van der Waals surface area contributed by atoms with Crippen molar-refractivity contribution in [1.29, 1.82) is 0 Å². The van der Waals surface area contributed by atoms with Crippen molar-refractivity contribution < 1.29 is 14.3 Å². The second kappa shape index (κ2) is 8.86. The van der Waals surface area contributed by atoms with E-state index in [1.165, 1.54) is 11.8 Å². The van der Waals surface area contributed by atoms with Gasteiger partial charge in [-0.25, -0.2) is 0 Å². The van der Waals surface area contributed by atoms with Gasteiger partial charge < -0.3 is 14.4 Å². The Morgan fingerprint density at radius 1 is 1.31 bits per heavy atom. The Hall–Kier alpha value is -2.32. The van der Waals surface area contributed by atoms with Crippen LogP contribution in [-0.2, 0) is 16.1 Å². The number of aromatic nitrogens is 3. The van der Waals surface area contributed by atoms with Gasteiger partial charge in [-0.1, -0.05) is 17.8 Å². The molecule has 2 heterocycles. The molecule has 0 N–H and O–H groups in total. The van der Waals surface area contributed by atoms with E-state index in [-0.39, 0.29) is 5.91 Å². The van der Waals surface area contributed by atoms with E-state index in [2.05, 4.69) is 16.8 Å². The van der Waals surface area contributed by atoms with E-state index in [1.807, 2.05) is 33.7 Å². The van der Waals surface area contributed by atoms with Crippen LogP contribution in [0.4, 0.5) is 0 Å². The SMILES string of the molecule is C=CCn1c(SCC(=O)N2CCOCC2)nnc1-c1ccc(OC)cc1. The van der Waals surface area contributed by atoms with Crippen molar-refractivity contribution in [2.45, 2.75) is 11.7 Å². The molecule has 1 saturated heterocycles. The molecular formula is C18H22N4O3S. The van der Waals surface area contributed by atoms with E-state index in [9.17, 15) is 4.79 Å². The van der Waals surface area contributed by atoms with Crippen LogP contribution in [0.3, 0.4) is 0 Å². The third-order valence-corrected chi connectivity index (χ3v) is 5.02. The molecule has 1 aromatic carbocycles. The number of morpholine rings is 1. The quantitative estimate of drug-likeness (QED) is 0.546. The number of methoxy groups -OCH3 is 1. The summed E-state index contributed by atoms with van der Waals surface area (Å²) in [6, 6.07) is 7.65. The van der Waals surface area contributed by atoms with Gasteiger partial charge in [0.1, 0.15) is 5.75 Å². The average molecular weight is 374 g/mol. The molecule has 1 aromatic heterocycles. The maximum atomic E-state index is 12.3. The molecule has 0 spiro atoms. The Morgan fingerprint density at radius 2 is 2.04 bits per heavy atom. The summed E-state index contributed by atoms with van der Waals surface area (Å²) >= 11 is 1.40. The first-order chi connectivity index (χ1) is 12.7. The summed E-state index contributed by atoms with van der Waals surface area (Å²) in [5.41, 5.74) is 0.937. The molecule has 1 amide bonds. The molecular weight excluding hydrogens is 352 g/mol. The van der Waals surface area contributed by atoms with Crippen LogP contribution >= 0.6 is 11.8 Å². The van der Waals surface area contributed by atoms with Crippen LogP contribution in [0, 0.1) is 0 Å². The highest BCUT2D eigenvalue weighted by Crippen LogP contribution is 2.26. The van der Waals surface area contributed by atoms with Gasteiger partial charge >= 0.3 is 0 Å². The minimum absolute atomic E-state index is 0.0949. The molecule has 1 aliphatic heterocycles. The van der Waals surface area contributed by atoms with Crippen LogP contribution in [0.5, 0.6) is 5.75 Å². The van der Waals surface area contributed by atoms with E-state index < -0.39 is 0 Å². The van der Waals surface area contributed by atoms with Crippen molar-refractivity contribution in [2.75, 3.05) is 39.2 Å². The van der Waals surface area contributed by atoms with E-state index in [0.29, 0.717) is 43.8 Å². The van der Waals surface area contributed by atoms with Crippen LogP contribution < -0.4 is 4.74 Å². The minimum atomic E-state index is 0.0949. The monoisotopic (exact) mass is 374 g/mol. The molecule has 7 nitrogen and oxygen atoms in total. The molecule has 26 heavy (non-hydrogen) atoms. The number of rotatable bonds is 7. The topological polar surface area (TPSA) is 69.5 Å². The first-order valence-electron chi connectivity index (χ1n) is 8.39. The summed E-state index contributed by atoms with van der Waals surface area (Å²) in [5, 5.41) is 9.29. The van der Waals surface area contributed by atoms with Crippen LogP contribution in [0.1, 0.15) is 0 Å². The van der Waals surface area contributed by atoms with Gasteiger partial charge in [0.2, 0.25) is 5.91 Å². The molecule has 138 valence electrons. The molecule has 0 atom stereocenters. The van der Waals surface area contributed by atoms with Gasteiger partial charge in [0.05, 0.1) is 26.1 Å². The molecule has 3 rings (SSSR count). The summed E-state index contributed by atoms with van der Waals surface area (Å²) in [7, 11) is 1.63. The van der Waals surface area contributed by atoms with Crippen LogP contribution in [0.2, 0.25) is 0 Å². The summed E-state index contributed by atoms with van der Waals surface area (Å²) in [4.78, 5) is 14.2.